The number of anilines is 1. The number of benzene rings is 2. The maximum absolute atomic E-state index is 11.2. The molecule has 8 heteroatoms. The Morgan fingerprint density at radius 3 is 2.56 bits per heavy atom. The predicted octanol–water partition coefficient (Wildman–Crippen LogP) is 1.74. The van der Waals surface area contributed by atoms with E-state index in [2.05, 4.69) is 22.3 Å². The highest BCUT2D eigenvalue weighted by atomic mass is 35.5. The van der Waals surface area contributed by atoms with E-state index >= 15 is 0 Å². The van der Waals surface area contributed by atoms with E-state index in [1.165, 1.54) is 23.4 Å². The molecule has 0 amide bonds. The predicted molar refractivity (Wildman–Crippen MR) is 101 cm³/mol. The number of rotatable bonds is 5. The van der Waals surface area contributed by atoms with Gasteiger partial charge in [-0.05, 0) is 35.9 Å². The van der Waals surface area contributed by atoms with Crippen LogP contribution in [0, 0.1) is 0 Å². The van der Waals surface area contributed by atoms with Crippen molar-refractivity contribution in [2.75, 3.05) is 31.1 Å². The van der Waals surface area contributed by atoms with Crippen molar-refractivity contribution in [1.82, 2.24) is 5.32 Å². The zero-order valence-electron chi connectivity index (χ0n) is 13.7. The Balaban J connectivity index is 0.00000225. The van der Waals surface area contributed by atoms with Gasteiger partial charge in [-0.25, -0.2) is 13.6 Å². The van der Waals surface area contributed by atoms with Crippen LogP contribution >= 0.6 is 12.4 Å². The summed E-state index contributed by atoms with van der Waals surface area (Å²) >= 11 is 0. The van der Waals surface area contributed by atoms with Gasteiger partial charge in [-0.1, -0.05) is 18.2 Å². The maximum Gasteiger partial charge on any atom is 0.238 e. The number of sulfonamides is 1. The van der Waals surface area contributed by atoms with E-state index in [-0.39, 0.29) is 17.3 Å². The largest absolute Gasteiger partial charge is 0.492 e. The molecule has 1 aliphatic rings. The van der Waals surface area contributed by atoms with Gasteiger partial charge in [0.25, 0.3) is 0 Å². The Morgan fingerprint density at radius 1 is 1.12 bits per heavy atom. The standard InChI is InChI=1S/C17H21N3O3S.ClH/c18-24(21,22)16-7-5-15(6-8-16)23-12-11-20-10-9-19-13-14-3-1-2-4-17(14)20;/h1-8,19H,9-13H2,(H2,18,21,22);1H. The molecular formula is C17H22ClN3O3S. The molecule has 0 saturated carbocycles. The normalized spacial score (nSPS) is 14.2. The van der Waals surface area contributed by atoms with Crippen LogP contribution in [0.4, 0.5) is 5.69 Å². The van der Waals surface area contributed by atoms with Crippen LogP contribution in [0.1, 0.15) is 5.56 Å². The first kappa shape index (κ1) is 19.5. The van der Waals surface area contributed by atoms with E-state index < -0.39 is 10.0 Å². The summed E-state index contributed by atoms with van der Waals surface area (Å²) in [6.45, 7) is 4.00. The summed E-state index contributed by atoms with van der Waals surface area (Å²) in [5, 5.41) is 8.49. The number of nitrogens with zero attached hydrogens (tertiary/aromatic N) is 1. The fourth-order valence-corrected chi connectivity index (χ4v) is 3.27. The average molecular weight is 384 g/mol. The molecule has 6 nitrogen and oxygen atoms in total. The van der Waals surface area contributed by atoms with Gasteiger partial charge < -0.3 is 15.0 Å². The number of primary sulfonamides is 1. The Hall–Kier alpha value is -1.80. The van der Waals surface area contributed by atoms with Crippen LogP contribution in [-0.2, 0) is 16.6 Å². The molecule has 3 rings (SSSR count). The maximum atomic E-state index is 11.2. The van der Waals surface area contributed by atoms with Gasteiger partial charge in [-0.3, -0.25) is 0 Å². The molecule has 2 aromatic carbocycles. The molecule has 0 aliphatic carbocycles. The fraction of sp³-hybridized carbons (Fsp3) is 0.294. The second-order valence-electron chi connectivity index (χ2n) is 5.66. The van der Waals surface area contributed by atoms with Crippen LogP contribution in [0.25, 0.3) is 0 Å². The second-order valence-corrected chi connectivity index (χ2v) is 7.22. The lowest BCUT2D eigenvalue weighted by atomic mass is 10.1. The highest BCUT2D eigenvalue weighted by Gasteiger charge is 2.14. The lowest BCUT2D eigenvalue weighted by Gasteiger charge is -2.24. The summed E-state index contributed by atoms with van der Waals surface area (Å²) in [7, 11) is -3.67. The van der Waals surface area contributed by atoms with Crippen LogP contribution in [0.5, 0.6) is 5.75 Å². The summed E-state index contributed by atoms with van der Waals surface area (Å²) in [5.41, 5.74) is 2.52. The van der Waals surface area contributed by atoms with Crippen LogP contribution < -0.4 is 20.1 Å². The van der Waals surface area contributed by atoms with Gasteiger partial charge >= 0.3 is 0 Å². The van der Waals surface area contributed by atoms with E-state index in [1.807, 2.05) is 12.1 Å². The molecule has 3 N–H and O–H groups in total. The zero-order chi connectivity index (χ0) is 17.0. The quantitative estimate of drug-likeness (QED) is 0.821. The smallest absolute Gasteiger partial charge is 0.238 e. The number of hydrogen-bond acceptors (Lipinski definition) is 5. The minimum Gasteiger partial charge on any atom is -0.492 e. The molecule has 0 bridgehead atoms. The molecular weight excluding hydrogens is 362 g/mol. The van der Waals surface area contributed by atoms with E-state index in [1.54, 1.807) is 12.1 Å². The van der Waals surface area contributed by atoms with Gasteiger partial charge in [0.15, 0.2) is 0 Å². The lowest BCUT2D eigenvalue weighted by molar-refractivity contribution is 0.323. The minimum absolute atomic E-state index is 0. The number of nitrogens with one attached hydrogen (secondary N) is 1. The van der Waals surface area contributed by atoms with Crippen molar-refractivity contribution < 1.29 is 13.2 Å². The van der Waals surface area contributed by atoms with Crippen LogP contribution in [-0.4, -0.2) is 34.7 Å². The topological polar surface area (TPSA) is 84.7 Å². The lowest BCUT2D eigenvalue weighted by Crippen LogP contribution is -2.32. The van der Waals surface area contributed by atoms with Crippen molar-refractivity contribution in [1.29, 1.82) is 0 Å². The van der Waals surface area contributed by atoms with Crippen LogP contribution in [0.2, 0.25) is 0 Å². The SMILES string of the molecule is Cl.NS(=O)(=O)c1ccc(OCCN2CCNCc3ccccc32)cc1. The minimum atomic E-state index is -3.67. The van der Waals surface area contributed by atoms with E-state index in [0.717, 1.165) is 26.2 Å². The second kappa shape index (κ2) is 8.53. The molecule has 0 spiro atoms. The van der Waals surface area contributed by atoms with Crippen LogP contribution in [0.3, 0.4) is 0 Å². The third-order valence-corrected chi connectivity index (χ3v) is 4.92. The summed E-state index contributed by atoms with van der Waals surface area (Å²) in [6.07, 6.45) is 0. The number of para-hydroxylation sites is 1. The van der Waals surface area contributed by atoms with Gasteiger partial charge in [0.1, 0.15) is 12.4 Å². The summed E-state index contributed by atoms with van der Waals surface area (Å²) in [5.74, 6) is 0.628. The number of nitrogens with two attached hydrogens (primary N) is 1. The van der Waals surface area contributed by atoms with Crippen molar-refractivity contribution in [2.24, 2.45) is 5.14 Å². The Labute approximate surface area is 154 Å². The Morgan fingerprint density at radius 2 is 1.84 bits per heavy atom. The van der Waals surface area contributed by atoms with Crippen molar-refractivity contribution in [3.8, 4) is 5.75 Å². The molecule has 1 aliphatic heterocycles. The van der Waals surface area contributed by atoms with Crippen molar-refractivity contribution >= 4 is 28.1 Å². The highest BCUT2D eigenvalue weighted by Crippen LogP contribution is 2.22. The molecule has 0 saturated heterocycles. The first-order valence-corrected chi connectivity index (χ1v) is 9.38. The van der Waals surface area contributed by atoms with Gasteiger partial charge in [-0.2, -0.15) is 0 Å². The van der Waals surface area contributed by atoms with E-state index in [4.69, 9.17) is 9.88 Å². The Bertz CT molecular complexity index is 797. The van der Waals surface area contributed by atoms with Crippen molar-refractivity contribution in [3.63, 3.8) is 0 Å². The average Bonchev–Trinajstić information content (AvgIpc) is 2.77. The molecule has 0 radical (unpaired) electrons. The molecule has 0 atom stereocenters. The first-order valence-electron chi connectivity index (χ1n) is 7.83. The molecule has 0 unspecified atom stereocenters. The number of halogens is 1. The molecule has 25 heavy (non-hydrogen) atoms. The molecule has 136 valence electrons. The molecule has 0 fully saturated rings. The van der Waals surface area contributed by atoms with Gasteiger partial charge in [0, 0.05) is 25.3 Å². The number of ether oxygens (including phenoxy) is 1. The zero-order valence-corrected chi connectivity index (χ0v) is 15.4. The van der Waals surface area contributed by atoms with E-state index in [0.29, 0.717) is 12.4 Å². The van der Waals surface area contributed by atoms with Crippen molar-refractivity contribution in [3.05, 3.63) is 54.1 Å². The highest BCUT2D eigenvalue weighted by molar-refractivity contribution is 7.89. The number of fused-ring (bicyclic) bond motifs is 1. The first-order chi connectivity index (χ1) is 11.5. The van der Waals surface area contributed by atoms with Crippen molar-refractivity contribution in [2.45, 2.75) is 11.4 Å². The molecule has 2 aromatic rings. The van der Waals surface area contributed by atoms with Gasteiger partial charge in [0.05, 0.1) is 11.4 Å². The van der Waals surface area contributed by atoms with Gasteiger partial charge in [0.2, 0.25) is 10.0 Å². The summed E-state index contributed by atoms with van der Waals surface area (Å²) in [4.78, 5) is 2.39. The molecule has 0 aromatic heterocycles. The number of hydrogen-bond donors (Lipinski definition) is 2. The Kier molecular flexibility index (Phi) is 6.66. The summed E-state index contributed by atoms with van der Waals surface area (Å²) < 4.78 is 28.2. The third kappa shape index (κ3) is 5.09. The van der Waals surface area contributed by atoms with Crippen LogP contribution in [0.15, 0.2) is 53.4 Å². The monoisotopic (exact) mass is 383 g/mol. The third-order valence-electron chi connectivity index (χ3n) is 3.99. The van der Waals surface area contributed by atoms with Gasteiger partial charge in [-0.15, -0.1) is 12.4 Å². The summed E-state index contributed by atoms with van der Waals surface area (Å²) in [6, 6.07) is 14.5. The molecule has 1 heterocycles. The van der Waals surface area contributed by atoms with E-state index in [9.17, 15) is 8.42 Å². The fourth-order valence-electron chi connectivity index (χ4n) is 2.76.